The molecule has 1 atom stereocenters. The van der Waals surface area contributed by atoms with Crippen molar-refractivity contribution in [3.8, 4) is 0 Å². The van der Waals surface area contributed by atoms with Crippen molar-refractivity contribution in [2.24, 2.45) is 5.41 Å². The van der Waals surface area contributed by atoms with E-state index in [4.69, 9.17) is 5.73 Å². The molecule has 1 saturated heterocycles. The Morgan fingerprint density at radius 1 is 1.41 bits per heavy atom. The summed E-state index contributed by atoms with van der Waals surface area (Å²) < 4.78 is 0. The number of carbonyl (C=O) groups is 1. The van der Waals surface area contributed by atoms with Crippen molar-refractivity contribution in [3.05, 3.63) is 34.3 Å². The number of aryl methyl sites for hydroxylation is 1. The molecule has 1 unspecified atom stereocenters. The minimum atomic E-state index is 0.182. The molecule has 1 aliphatic heterocycles. The van der Waals surface area contributed by atoms with E-state index in [1.807, 2.05) is 13.0 Å². The molecule has 2 aliphatic rings. The lowest BCUT2D eigenvalue weighted by atomic mass is 9.92. The van der Waals surface area contributed by atoms with E-state index >= 15 is 0 Å². The number of carbonyl (C=O) groups excluding carboxylic acids is 1. The Hall–Kier alpha value is -2.15. The zero-order chi connectivity index (χ0) is 19.0. The number of hydrogen-bond donors (Lipinski definition) is 1. The standard InChI is InChI=1S/C20H27N5OS/c1-3-18-22-17(21)10-19(23-18)24-7-5-20(6-8-24)11-16(20)25(14(2)26)12-15-4-9-27-13-15/h4,9-10,13,16H,3,5-8,11-12H2,1-2H3,(H2,21,22,23). The van der Waals surface area contributed by atoms with Crippen LogP contribution in [0.5, 0.6) is 0 Å². The average Bonchev–Trinajstić information content (AvgIpc) is 3.09. The molecule has 2 N–H and O–H groups in total. The minimum absolute atomic E-state index is 0.182. The first kappa shape index (κ1) is 18.2. The second-order valence-corrected chi connectivity index (χ2v) is 8.55. The smallest absolute Gasteiger partial charge is 0.220 e. The number of nitrogen functional groups attached to an aromatic ring is 1. The van der Waals surface area contributed by atoms with E-state index in [9.17, 15) is 4.79 Å². The highest BCUT2D eigenvalue weighted by Gasteiger charge is 2.58. The van der Waals surface area contributed by atoms with Crippen LogP contribution in [0.25, 0.3) is 0 Å². The van der Waals surface area contributed by atoms with Crippen LogP contribution >= 0.6 is 11.3 Å². The highest BCUT2D eigenvalue weighted by atomic mass is 32.1. The van der Waals surface area contributed by atoms with Gasteiger partial charge in [-0.2, -0.15) is 11.3 Å². The molecule has 0 bridgehead atoms. The number of nitrogens with zero attached hydrogens (tertiary/aromatic N) is 4. The fourth-order valence-corrected chi connectivity index (χ4v) is 4.99. The number of amides is 1. The molecule has 2 fully saturated rings. The first-order valence-corrected chi connectivity index (χ1v) is 10.6. The van der Waals surface area contributed by atoms with Crippen molar-refractivity contribution in [1.29, 1.82) is 0 Å². The third-order valence-electron chi connectivity index (χ3n) is 6.04. The number of anilines is 2. The van der Waals surface area contributed by atoms with Crippen LogP contribution in [0, 0.1) is 5.41 Å². The molecule has 7 heteroatoms. The summed E-state index contributed by atoms with van der Waals surface area (Å²) in [5, 5.41) is 4.21. The van der Waals surface area contributed by atoms with Gasteiger partial charge >= 0.3 is 0 Å². The Bertz CT molecular complexity index is 814. The van der Waals surface area contributed by atoms with E-state index in [-0.39, 0.29) is 11.3 Å². The lowest BCUT2D eigenvalue weighted by Crippen LogP contribution is -2.40. The summed E-state index contributed by atoms with van der Waals surface area (Å²) in [6.07, 6.45) is 4.09. The molecule has 1 saturated carbocycles. The molecule has 6 nitrogen and oxygen atoms in total. The number of nitrogens with two attached hydrogens (primary N) is 1. The quantitative estimate of drug-likeness (QED) is 0.856. The summed E-state index contributed by atoms with van der Waals surface area (Å²) in [6, 6.07) is 4.36. The van der Waals surface area contributed by atoms with E-state index in [0.717, 1.165) is 57.0 Å². The van der Waals surface area contributed by atoms with Crippen LogP contribution in [0.1, 0.15) is 44.5 Å². The molecule has 0 radical (unpaired) electrons. The summed E-state index contributed by atoms with van der Waals surface area (Å²) in [5.74, 6) is 2.46. The maximum Gasteiger partial charge on any atom is 0.220 e. The number of rotatable bonds is 5. The first-order chi connectivity index (χ1) is 13.0. The number of hydrogen-bond acceptors (Lipinski definition) is 6. The Balaban J connectivity index is 1.42. The Labute approximate surface area is 164 Å². The van der Waals surface area contributed by atoms with Crippen LogP contribution in [-0.2, 0) is 17.8 Å². The molecular formula is C20H27N5OS. The van der Waals surface area contributed by atoms with Crippen molar-refractivity contribution in [1.82, 2.24) is 14.9 Å². The van der Waals surface area contributed by atoms with Crippen molar-refractivity contribution < 1.29 is 4.79 Å². The van der Waals surface area contributed by atoms with Crippen molar-refractivity contribution in [3.63, 3.8) is 0 Å². The maximum atomic E-state index is 12.3. The Morgan fingerprint density at radius 2 is 2.19 bits per heavy atom. The molecule has 2 aromatic heterocycles. The highest BCUT2D eigenvalue weighted by Crippen LogP contribution is 2.57. The van der Waals surface area contributed by atoms with Gasteiger partial charge in [0.1, 0.15) is 17.5 Å². The predicted octanol–water partition coefficient (Wildman–Crippen LogP) is 3.09. The molecule has 1 amide bonds. The summed E-state index contributed by atoms with van der Waals surface area (Å²) in [7, 11) is 0. The van der Waals surface area contributed by atoms with Crippen LogP contribution in [0.15, 0.2) is 22.9 Å². The molecule has 1 aliphatic carbocycles. The van der Waals surface area contributed by atoms with Gasteiger partial charge < -0.3 is 15.5 Å². The molecule has 0 aromatic carbocycles. The van der Waals surface area contributed by atoms with E-state index in [1.165, 1.54) is 5.56 Å². The van der Waals surface area contributed by atoms with E-state index in [2.05, 4.69) is 36.6 Å². The van der Waals surface area contributed by atoms with Gasteiger partial charge in [-0.1, -0.05) is 6.92 Å². The van der Waals surface area contributed by atoms with Gasteiger partial charge in [0, 0.05) is 45.1 Å². The fourth-order valence-electron chi connectivity index (χ4n) is 4.33. The van der Waals surface area contributed by atoms with Gasteiger partial charge in [-0.15, -0.1) is 0 Å². The number of aromatic nitrogens is 2. The zero-order valence-electron chi connectivity index (χ0n) is 16.0. The molecule has 4 rings (SSSR count). The van der Waals surface area contributed by atoms with Gasteiger partial charge in [0.25, 0.3) is 0 Å². The predicted molar refractivity (Wildman–Crippen MR) is 109 cm³/mol. The normalized spacial score (nSPS) is 20.7. The van der Waals surface area contributed by atoms with Crippen molar-refractivity contribution in [2.45, 2.75) is 52.1 Å². The Morgan fingerprint density at radius 3 is 2.81 bits per heavy atom. The molecule has 3 heterocycles. The summed E-state index contributed by atoms with van der Waals surface area (Å²) in [5.41, 5.74) is 7.46. The first-order valence-electron chi connectivity index (χ1n) is 9.67. The molecule has 27 heavy (non-hydrogen) atoms. The summed E-state index contributed by atoms with van der Waals surface area (Å²) >= 11 is 1.69. The van der Waals surface area contributed by atoms with Crippen LogP contribution in [0.4, 0.5) is 11.6 Å². The summed E-state index contributed by atoms with van der Waals surface area (Å²) in [4.78, 5) is 25.6. The van der Waals surface area contributed by atoms with Crippen molar-refractivity contribution >= 4 is 28.9 Å². The molecular weight excluding hydrogens is 358 g/mol. The average molecular weight is 386 g/mol. The lowest BCUT2D eigenvalue weighted by Gasteiger charge is -2.35. The fraction of sp³-hybridized carbons (Fsp3) is 0.550. The van der Waals surface area contributed by atoms with E-state index in [1.54, 1.807) is 18.3 Å². The lowest BCUT2D eigenvalue weighted by molar-refractivity contribution is -0.130. The minimum Gasteiger partial charge on any atom is -0.384 e. The third-order valence-corrected chi connectivity index (χ3v) is 6.77. The van der Waals surface area contributed by atoms with Crippen LogP contribution < -0.4 is 10.6 Å². The van der Waals surface area contributed by atoms with Gasteiger partial charge in [-0.05, 0) is 47.1 Å². The zero-order valence-corrected chi connectivity index (χ0v) is 16.8. The van der Waals surface area contributed by atoms with Gasteiger partial charge in [0.15, 0.2) is 0 Å². The topological polar surface area (TPSA) is 75.3 Å². The molecule has 1 spiro atoms. The third kappa shape index (κ3) is 3.65. The van der Waals surface area contributed by atoms with Crippen molar-refractivity contribution in [2.75, 3.05) is 23.7 Å². The molecule has 144 valence electrons. The Kier molecular flexibility index (Phi) is 4.80. The van der Waals surface area contributed by atoms with Gasteiger partial charge in [-0.25, -0.2) is 9.97 Å². The monoisotopic (exact) mass is 385 g/mol. The SMILES string of the molecule is CCc1nc(N)cc(N2CCC3(CC2)CC3N(Cc2ccsc2)C(C)=O)n1. The molecule has 2 aromatic rings. The largest absolute Gasteiger partial charge is 0.384 e. The van der Waals surface area contributed by atoms with Crippen LogP contribution in [-0.4, -0.2) is 39.9 Å². The van der Waals surface area contributed by atoms with Crippen LogP contribution in [0.2, 0.25) is 0 Å². The highest BCUT2D eigenvalue weighted by molar-refractivity contribution is 7.07. The second kappa shape index (κ2) is 7.11. The van der Waals surface area contributed by atoms with Gasteiger partial charge in [-0.3, -0.25) is 4.79 Å². The van der Waals surface area contributed by atoms with Crippen LogP contribution in [0.3, 0.4) is 0 Å². The van der Waals surface area contributed by atoms with Gasteiger partial charge in [0.2, 0.25) is 5.91 Å². The van der Waals surface area contributed by atoms with E-state index < -0.39 is 0 Å². The summed E-state index contributed by atoms with van der Waals surface area (Å²) in [6.45, 7) is 6.39. The maximum absolute atomic E-state index is 12.3. The van der Waals surface area contributed by atoms with E-state index in [0.29, 0.717) is 11.9 Å². The number of piperidine rings is 1. The van der Waals surface area contributed by atoms with Gasteiger partial charge in [0.05, 0.1) is 0 Å². The number of thiophene rings is 1. The second-order valence-electron chi connectivity index (χ2n) is 7.77.